The number of benzene rings is 4. The third-order valence-corrected chi connectivity index (χ3v) is 10.9. The lowest BCUT2D eigenvalue weighted by Gasteiger charge is -2.34. The van der Waals surface area contributed by atoms with Crippen LogP contribution in [-0.2, 0) is 20.0 Å². The number of anilines is 1. The second kappa shape index (κ2) is 12.8. The topological polar surface area (TPSA) is 113 Å². The van der Waals surface area contributed by atoms with Crippen molar-refractivity contribution >= 4 is 70.8 Å². The monoisotopic (exact) mass is 723 g/mol. The van der Waals surface area contributed by atoms with Gasteiger partial charge in [-0.05, 0) is 72.8 Å². The fourth-order valence-corrected chi connectivity index (χ4v) is 7.85. The van der Waals surface area contributed by atoms with E-state index in [1.54, 1.807) is 36.4 Å². The molecule has 4 aromatic carbocycles. The highest BCUT2D eigenvalue weighted by atomic mass is 79.9. The summed E-state index contributed by atoms with van der Waals surface area (Å²) in [5.74, 6) is 0.326. The van der Waals surface area contributed by atoms with Crippen molar-refractivity contribution in [1.29, 1.82) is 0 Å². The second-order valence-corrected chi connectivity index (χ2v) is 14.8. The lowest BCUT2D eigenvalue weighted by Crippen LogP contribution is -2.50. The summed E-state index contributed by atoms with van der Waals surface area (Å²) < 4.78 is 62.9. The van der Waals surface area contributed by atoms with Crippen molar-refractivity contribution in [2.75, 3.05) is 30.9 Å². The molecule has 0 unspecified atom stereocenters. The van der Waals surface area contributed by atoms with E-state index in [0.29, 0.717) is 21.0 Å². The largest absolute Gasteiger partial charge is 0.456 e. The average molecular weight is 725 g/mol. The van der Waals surface area contributed by atoms with E-state index in [0.717, 1.165) is 0 Å². The van der Waals surface area contributed by atoms with Crippen LogP contribution in [-0.4, -0.2) is 58.1 Å². The summed E-state index contributed by atoms with van der Waals surface area (Å²) in [5.41, 5.74) is 0.0769. The molecule has 1 aliphatic rings. The number of halogens is 3. The van der Waals surface area contributed by atoms with Gasteiger partial charge in [-0.1, -0.05) is 57.3 Å². The average Bonchev–Trinajstić information content (AvgIpc) is 2.99. The molecule has 43 heavy (non-hydrogen) atoms. The summed E-state index contributed by atoms with van der Waals surface area (Å²) in [6.45, 7) is 0.366. The third kappa shape index (κ3) is 7.17. The maximum Gasteiger partial charge on any atom is 0.261 e. The maximum atomic E-state index is 13.5. The fraction of sp³-hybridized carbons (Fsp3) is 0.138. The number of amides is 1. The van der Waals surface area contributed by atoms with E-state index in [4.69, 9.17) is 27.9 Å². The molecule has 0 aromatic heterocycles. The van der Waals surface area contributed by atoms with Crippen LogP contribution in [0.3, 0.4) is 0 Å². The highest BCUT2D eigenvalue weighted by Crippen LogP contribution is 2.31. The van der Waals surface area contributed by atoms with E-state index in [2.05, 4.69) is 20.7 Å². The molecule has 1 N–H and O–H groups in total. The normalized spacial score (nSPS) is 14.3. The van der Waals surface area contributed by atoms with Crippen molar-refractivity contribution in [3.8, 4) is 11.5 Å². The number of hydrogen-bond acceptors (Lipinski definition) is 6. The first-order chi connectivity index (χ1) is 20.4. The number of carbonyl (C=O) groups is 1. The van der Waals surface area contributed by atoms with Crippen LogP contribution in [0.5, 0.6) is 11.5 Å². The van der Waals surface area contributed by atoms with Crippen LogP contribution in [0.4, 0.5) is 5.69 Å². The molecule has 0 atom stereocenters. The van der Waals surface area contributed by atoms with Gasteiger partial charge in [0.1, 0.15) is 11.5 Å². The third-order valence-electron chi connectivity index (χ3n) is 6.61. The Morgan fingerprint density at radius 3 is 2.16 bits per heavy atom. The van der Waals surface area contributed by atoms with Crippen molar-refractivity contribution in [3.63, 3.8) is 0 Å². The minimum Gasteiger partial charge on any atom is -0.456 e. The Labute approximate surface area is 268 Å². The lowest BCUT2D eigenvalue weighted by atomic mass is 10.1. The van der Waals surface area contributed by atoms with E-state index in [1.165, 1.54) is 63.8 Å². The number of nitrogens with zero attached hydrogens (tertiary/aromatic N) is 2. The number of sulfonamides is 2. The number of piperazine rings is 1. The van der Waals surface area contributed by atoms with Crippen molar-refractivity contribution in [2.24, 2.45) is 0 Å². The lowest BCUT2D eigenvalue weighted by molar-refractivity contribution is 0.0699. The van der Waals surface area contributed by atoms with Crippen LogP contribution >= 0.6 is 39.1 Å². The van der Waals surface area contributed by atoms with Gasteiger partial charge in [-0.15, -0.1) is 0 Å². The van der Waals surface area contributed by atoms with Gasteiger partial charge >= 0.3 is 0 Å². The highest BCUT2D eigenvalue weighted by Gasteiger charge is 2.31. The zero-order valence-electron chi connectivity index (χ0n) is 22.3. The van der Waals surface area contributed by atoms with Crippen LogP contribution < -0.4 is 9.46 Å². The molecule has 0 saturated carbocycles. The van der Waals surface area contributed by atoms with Crippen LogP contribution in [0.15, 0.2) is 105 Å². The van der Waals surface area contributed by atoms with E-state index in [1.807, 2.05) is 0 Å². The maximum absolute atomic E-state index is 13.5. The number of para-hydroxylation sites is 1. The molecule has 0 aliphatic carbocycles. The molecule has 0 spiro atoms. The van der Waals surface area contributed by atoms with Gasteiger partial charge in [0.2, 0.25) is 10.0 Å². The Hall–Kier alpha value is -3.13. The van der Waals surface area contributed by atoms with E-state index in [9.17, 15) is 21.6 Å². The molecule has 1 amide bonds. The van der Waals surface area contributed by atoms with Crippen LogP contribution in [0.1, 0.15) is 10.4 Å². The molecule has 1 heterocycles. The number of ether oxygens (including phenoxy) is 1. The van der Waals surface area contributed by atoms with Crippen molar-refractivity contribution in [3.05, 3.63) is 111 Å². The summed E-state index contributed by atoms with van der Waals surface area (Å²) in [7, 11) is -7.86. The molecule has 5 rings (SSSR count). The van der Waals surface area contributed by atoms with E-state index < -0.39 is 26.0 Å². The molecule has 0 bridgehead atoms. The molecule has 0 radical (unpaired) electrons. The molecule has 9 nitrogen and oxygen atoms in total. The van der Waals surface area contributed by atoms with Gasteiger partial charge in [0.15, 0.2) is 0 Å². The SMILES string of the molecule is O=C(c1cc(Cl)ccc1NS(=O)(=O)c1ccc(Oc2ccccc2Cl)cc1)N1CCN(S(=O)(=O)c2cccc(Br)c2)CC1. The van der Waals surface area contributed by atoms with Crippen molar-refractivity contribution in [2.45, 2.75) is 9.79 Å². The smallest absolute Gasteiger partial charge is 0.261 e. The standard InChI is InChI=1S/C29H24BrCl2N3O6S2/c30-20-4-3-5-24(18-20)43(39,40)35-16-14-34(15-17-35)29(36)25-19-21(31)8-13-27(25)33-42(37,38)23-11-9-22(10-12-23)41-28-7-2-1-6-26(28)32/h1-13,18-19,33H,14-17H2. The molecule has 14 heteroatoms. The first-order valence-electron chi connectivity index (χ1n) is 12.8. The number of hydrogen-bond donors (Lipinski definition) is 1. The number of carbonyl (C=O) groups excluding carboxylic acids is 1. The Kier molecular flexibility index (Phi) is 9.35. The molecule has 4 aromatic rings. The first kappa shape index (κ1) is 31.3. The Morgan fingerprint density at radius 2 is 1.49 bits per heavy atom. The number of rotatable bonds is 8. The summed E-state index contributed by atoms with van der Waals surface area (Å²) in [4.78, 5) is 15.1. The van der Waals surface area contributed by atoms with Gasteiger partial charge in [-0.25, -0.2) is 16.8 Å². The van der Waals surface area contributed by atoms with Crippen LogP contribution in [0, 0.1) is 0 Å². The van der Waals surface area contributed by atoms with Gasteiger partial charge in [0.05, 0.1) is 26.1 Å². The zero-order valence-corrected chi connectivity index (χ0v) is 27.0. The summed E-state index contributed by atoms with van der Waals surface area (Å²) >= 11 is 15.6. The minimum absolute atomic E-state index is 0.0370. The Balaban J connectivity index is 1.30. The number of nitrogens with one attached hydrogen (secondary N) is 1. The van der Waals surface area contributed by atoms with Gasteiger partial charge in [-0.2, -0.15) is 4.31 Å². The second-order valence-electron chi connectivity index (χ2n) is 9.45. The Bertz CT molecular complexity index is 1880. The first-order valence-corrected chi connectivity index (χ1v) is 17.3. The summed E-state index contributed by atoms with van der Waals surface area (Å²) in [5, 5.41) is 0.650. The van der Waals surface area contributed by atoms with Crippen LogP contribution in [0.25, 0.3) is 0 Å². The van der Waals surface area contributed by atoms with Gasteiger partial charge in [0, 0.05) is 35.7 Å². The Morgan fingerprint density at radius 1 is 0.791 bits per heavy atom. The summed E-state index contributed by atoms with van der Waals surface area (Å²) in [6.07, 6.45) is 0. The van der Waals surface area contributed by atoms with E-state index >= 15 is 0 Å². The molecule has 224 valence electrons. The highest BCUT2D eigenvalue weighted by molar-refractivity contribution is 9.10. The summed E-state index contributed by atoms with van der Waals surface area (Å²) in [6, 6.07) is 23.3. The van der Waals surface area contributed by atoms with Gasteiger partial charge < -0.3 is 9.64 Å². The fourth-order valence-electron chi connectivity index (χ4n) is 4.41. The minimum atomic E-state index is -4.11. The van der Waals surface area contributed by atoms with Gasteiger partial charge in [-0.3, -0.25) is 9.52 Å². The van der Waals surface area contributed by atoms with Crippen molar-refractivity contribution < 1.29 is 26.4 Å². The van der Waals surface area contributed by atoms with Crippen LogP contribution in [0.2, 0.25) is 10.0 Å². The predicted molar refractivity (Wildman–Crippen MR) is 169 cm³/mol. The molecular weight excluding hydrogens is 701 g/mol. The van der Waals surface area contributed by atoms with Gasteiger partial charge in [0.25, 0.3) is 15.9 Å². The van der Waals surface area contributed by atoms with Crippen molar-refractivity contribution in [1.82, 2.24) is 9.21 Å². The molecule has 1 fully saturated rings. The molecular formula is C29H24BrCl2N3O6S2. The molecule has 1 saturated heterocycles. The predicted octanol–water partition coefficient (Wildman–Crippen LogP) is 6.50. The van der Waals surface area contributed by atoms with E-state index in [-0.39, 0.29) is 52.2 Å². The quantitative estimate of drug-likeness (QED) is 0.222. The molecule has 1 aliphatic heterocycles. The zero-order chi connectivity index (χ0) is 30.8.